The first-order chi connectivity index (χ1) is 6.89. The zero-order valence-corrected chi connectivity index (χ0v) is 9.72. The van der Waals surface area contributed by atoms with Crippen LogP contribution in [0.15, 0.2) is 18.2 Å². The van der Waals surface area contributed by atoms with Gasteiger partial charge in [0.2, 0.25) is 5.91 Å². The van der Waals surface area contributed by atoms with Crippen LogP contribution >= 0.6 is 0 Å². The third-order valence-electron chi connectivity index (χ3n) is 2.93. The van der Waals surface area contributed by atoms with Crippen molar-refractivity contribution < 1.29 is 4.79 Å². The number of nitrogens with one attached hydrogen (secondary N) is 1. The number of hydrogen-bond donors (Lipinski definition) is 2. The molecule has 1 amide bonds. The molecule has 82 valence electrons. The molecule has 0 aliphatic carbocycles. The molecule has 0 saturated heterocycles. The van der Waals surface area contributed by atoms with Crippen LogP contribution in [0, 0.1) is 13.8 Å². The van der Waals surface area contributed by atoms with Crippen molar-refractivity contribution in [1.29, 1.82) is 0 Å². The summed E-state index contributed by atoms with van der Waals surface area (Å²) in [6, 6.07) is 6.03. The minimum Gasteiger partial charge on any atom is -0.294 e. The van der Waals surface area contributed by atoms with Crippen molar-refractivity contribution in [3.8, 4) is 0 Å². The summed E-state index contributed by atoms with van der Waals surface area (Å²) in [4.78, 5) is 11.6. The summed E-state index contributed by atoms with van der Waals surface area (Å²) in [5, 5.41) is 0. The average Bonchev–Trinajstić information content (AvgIpc) is 2.20. The number of nitrogens with two attached hydrogens (primary N) is 1. The Morgan fingerprint density at radius 2 is 1.87 bits per heavy atom. The number of carbonyl (C=O) groups excluding carboxylic acids is 1. The molecule has 0 bridgehead atoms. The fourth-order valence-corrected chi connectivity index (χ4v) is 1.44. The van der Waals surface area contributed by atoms with Gasteiger partial charge in [0, 0.05) is 0 Å². The van der Waals surface area contributed by atoms with Crippen LogP contribution in [0.2, 0.25) is 0 Å². The molecule has 1 rings (SSSR count). The number of benzene rings is 1. The molecule has 1 aromatic carbocycles. The molecule has 3 nitrogen and oxygen atoms in total. The third-order valence-corrected chi connectivity index (χ3v) is 2.93. The van der Waals surface area contributed by atoms with Gasteiger partial charge in [-0.25, -0.2) is 5.84 Å². The van der Waals surface area contributed by atoms with E-state index in [4.69, 9.17) is 5.84 Å². The molecule has 0 unspecified atom stereocenters. The van der Waals surface area contributed by atoms with E-state index in [1.807, 2.05) is 39.0 Å². The predicted octanol–water partition coefficient (Wildman–Crippen LogP) is 1.57. The van der Waals surface area contributed by atoms with Crippen molar-refractivity contribution in [2.24, 2.45) is 5.84 Å². The normalized spacial score (nSPS) is 11.3. The van der Waals surface area contributed by atoms with Gasteiger partial charge in [0.05, 0.1) is 5.41 Å². The molecule has 0 aliphatic heterocycles. The van der Waals surface area contributed by atoms with Gasteiger partial charge in [0.1, 0.15) is 0 Å². The van der Waals surface area contributed by atoms with E-state index in [0.29, 0.717) is 0 Å². The van der Waals surface area contributed by atoms with Gasteiger partial charge in [-0.3, -0.25) is 10.2 Å². The SMILES string of the molecule is Cc1ccc(C(C)(C)C(=O)NN)cc1C. The highest BCUT2D eigenvalue weighted by molar-refractivity contribution is 5.86. The molecule has 0 atom stereocenters. The second-order valence-electron chi connectivity index (χ2n) is 4.40. The van der Waals surface area contributed by atoms with Crippen LogP contribution in [0.4, 0.5) is 0 Å². The summed E-state index contributed by atoms with van der Waals surface area (Å²) in [6.07, 6.45) is 0. The largest absolute Gasteiger partial charge is 0.294 e. The van der Waals surface area contributed by atoms with Crippen molar-refractivity contribution in [2.45, 2.75) is 33.1 Å². The van der Waals surface area contributed by atoms with E-state index in [0.717, 1.165) is 5.56 Å². The Balaban J connectivity index is 3.16. The number of carbonyl (C=O) groups is 1. The molecule has 0 heterocycles. The predicted molar refractivity (Wildman–Crippen MR) is 61.3 cm³/mol. The Labute approximate surface area is 90.6 Å². The molecular formula is C12H18N2O. The van der Waals surface area contributed by atoms with E-state index in [1.165, 1.54) is 11.1 Å². The summed E-state index contributed by atoms with van der Waals surface area (Å²) in [5.41, 5.74) is 5.00. The number of aryl methyl sites for hydroxylation is 2. The Hall–Kier alpha value is -1.35. The highest BCUT2D eigenvalue weighted by Gasteiger charge is 2.29. The van der Waals surface area contributed by atoms with Crippen molar-refractivity contribution >= 4 is 5.91 Å². The minimum absolute atomic E-state index is 0.175. The summed E-state index contributed by atoms with van der Waals surface area (Å²) < 4.78 is 0. The lowest BCUT2D eigenvalue weighted by Crippen LogP contribution is -2.43. The van der Waals surface area contributed by atoms with Crippen LogP contribution in [0.25, 0.3) is 0 Å². The summed E-state index contributed by atoms with van der Waals surface area (Å²) in [5.74, 6) is 4.99. The zero-order valence-electron chi connectivity index (χ0n) is 9.72. The molecule has 0 fully saturated rings. The zero-order chi connectivity index (χ0) is 11.6. The first-order valence-corrected chi connectivity index (χ1v) is 4.98. The average molecular weight is 206 g/mol. The van der Waals surface area contributed by atoms with E-state index >= 15 is 0 Å². The van der Waals surface area contributed by atoms with E-state index in [1.54, 1.807) is 0 Å². The quantitative estimate of drug-likeness (QED) is 0.438. The maximum atomic E-state index is 11.6. The summed E-state index contributed by atoms with van der Waals surface area (Å²) in [7, 11) is 0. The van der Waals surface area contributed by atoms with Gasteiger partial charge in [-0.2, -0.15) is 0 Å². The van der Waals surface area contributed by atoms with Gasteiger partial charge in [0.25, 0.3) is 0 Å². The van der Waals surface area contributed by atoms with Crippen LogP contribution in [-0.4, -0.2) is 5.91 Å². The molecule has 3 N–H and O–H groups in total. The second kappa shape index (κ2) is 4.03. The maximum Gasteiger partial charge on any atom is 0.243 e. The number of hydrogen-bond acceptors (Lipinski definition) is 2. The third kappa shape index (κ3) is 2.18. The minimum atomic E-state index is -0.590. The van der Waals surface area contributed by atoms with Crippen molar-refractivity contribution in [1.82, 2.24) is 5.43 Å². The lowest BCUT2D eigenvalue weighted by atomic mass is 9.82. The van der Waals surface area contributed by atoms with E-state index in [9.17, 15) is 4.79 Å². The van der Waals surface area contributed by atoms with Crippen molar-refractivity contribution in [3.05, 3.63) is 34.9 Å². The van der Waals surface area contributed by atoms with Crippen LogP contribution in [0.3, 0.4) is 0 Å². The molecule has 15 heavy (non-hydrogen) atoms. The smallest absolute Gasteiger partial charge is 0.243 e. The Kier molecular flexibility index (Phi) is 3.15. The maximum absolute atomic E-state index is 11.6. The topological polar surface area (TPSA) is 55.1 Å². The molecule has 3 heteroatoms. The standard InChI is InChI=1S/C12H18N2O/c1-8-5-6-10(7-9(8)2)12(3,4)11(15)14-13/h5-7H,13H2,1-4H3,(H,14,15). The van der Waals surface area contributed by atoms with Gasteiger partial charge >= 0.3 is 0 Å². The van der Waals surface area contributed by atoms with Gasteiger partial charge < -0.3 is 0 Å². The molecule has 0 saturated carbocycles. The lowest BCUT2D eigenvalue weighted by molar-refractivity contribution is -0.125. The van der Waals surface area contributed by atoms with E-state index in [2.05, 4.69) is 12.3 Å². The van der Waals surface area contributed by atoms with Crippen LogP contribution < -0.4 is 11.3 Å². The first kappa shape index (κ1) is 11.7. The van der Waals surface area contributed by atoms with Gasteiger partial charge in [-0.1, -0.05) is 18.2 Å². The second-order valence-corrected chi connectivity index (χ2v) is 4.40. The Morgan fingerprint density at radius 1 is 1.27 bits per heavy atom. The molecule has 0 spiro atoms. The molecule has 0 radical (unpaired) electrons. The Morgan fingerprint density at radius 3 is 2.33 bits per heavy atom. The van der Waals surface area contributed by atoms with Gasteiger partial charge in [-0.05, 0) is 44.4 Å². The van der Waals surface area contributed by atoms with Crippen LogP contribution in [-0.2, 0) is 10.2 Å². The number of hydrazine groups is 1. The monoisotopic (exact) mass is 206 g/mol. The summed E-state index contributed by atoms with van der Waals surface area (Å²) >= 11 is 0. The highest BCUT2D eigenvalue weighted by atomic mass is 16.2. The fourth-order valence-electron chi connectivity index (χ4n) is 1.44. The van der Waals surface area contributed by atoms with Crippen LogP contribution in [0.5, 0.6) is 0 Å². The fraction of sp³-hybridized carbons (Fsp3) is 0.417. The molecule has 0 aromatic heterocycles. The number of rotatable bonds is 2. The summed E-state index contributed by atoms with van der Waals surface area (Å²) in [6.45, 7) is 7.81. The van der Waals surface area contributed by atoms with E-state index < -0.39 is 5.41 Å². The molecule has 0 aliphatic rings. The van der Waals surface area contributed by atoms with Gasteiger partial charge in [0.15, 0.2) is 0 Å². The molecule has 1 aromatic rings. The lowest BCUT2D eigenvalue weighted by Gasteiger charge is -2.23. The number of amides is 1. The first-order valence-electron chi connectivity index (χ1n) is 4.98. The van der Waals surface area contributed by atoms with Gasteiger partial charge in [-0.15, -0.1) is 0 Å². The van der Waals surface area contributed by atoms with Crippen LogP contribution in [0.1, 0.15) is 30.5 Å². The van der Waals surface area contributed by atoms with Crippen molar-refractivity contribution in [3.63, 3.8) is 0 Å². The Bertz CT molecular complexity index is 383. The molecular weight excluding hydrogens is 188 g/mol. The van der Waals surface area contributed by atoms with E-state index in [-0.39, 0.29) is 5.91 Å². The van der Waals surface area contributed by atoms with Crippen molar-refractivity contribution in [2.75, 3.05) is 0 Å². The highest BCUT2D eigenvalue weighted by Crippen LogP contribution is 2.25.